The van der Waals surface area contributed by atoms with Crippen LogP contribution in [0, 0.1) is 0 Å². The molecule has 0 atom stereocenters. The van der Waals surface area contributed by atoms with E-state index in [9.17, 15) is 9.59 Å². The van der Waals surface area contributed by atoms with Gasteiger partial charge in [0.05, 0.1) is 31.0 Å². The van der Waals surface area contributed by atoms with Crippen LogP contribution in [0.4, 0.5) is 11.4 Å². The van der Waals surface area contributed by atoms with Gasteiger partial charge in [0.25, 0.3) is 11.8 Å². The lowest BCUT2D eigenvalue weighted by molar-refractivity contribution is 0.102. The second-order valence-electron chi connectivity index (χ2n) is 10.4. The summed E-state index contributed by atoms with van der Waals surface area (Å²) in [7, 11) is 3.33. The lowest BCUT2D eigenvalue weighted by atomic mass is 9.98. The second kappa shape index (κ2) is 12.6. The number of anilines is 2. The molecule has 0 unspecified atom stereocenters. The van der Waals surface area contributed by atoms with E-state index in [1.165, 1.54) is 28.0 Å². The highest BCUT2D eigenvalue weighted by Gasteiger charge is 2.20. The third kappa shape index (κ3) is 6.38. The number of rotatable bonds is 9. The molecular formula is C34H32N4O4S. The van der Waals surface area contributed by atoms with Gasteiger partial charge in [-0.2, -0.15) is 0 Å². The number of amides is 2. The van der Waals surface area contributed by atoms with Crippen molar-refractivity contribution in [3.8, 4) is 11.5 Å². The maximum atomic E-state index is 13.1. The Bertz CT molecular complexity index is 1780. The van der Waals surface area contributed by atoms with Gasteiger partial charge in [-0.05, 0) is 77.4 Å². The van der Waals surface area contributed by atoms with Crippen molar-refractivity contribution in [3.63, 3.8) is 0 Å². The van der Waals surface area contributed by atoms with Gasteiger partial charge in [0.15, 0.2) is 11.5 Å². The fourth-order valence-corrected chi connectivity index (χ4v) is 6.08. The summed E-state index contributed by atoms with van der Waals surface area (Å²) in [5, 5.41) is 8.50. The summed E-state index contributed by atoms with van der Waals surface area (Å²) in [6.45, 7) is 2.80. The molecule has 0 saturated carbocycles. The highest BCUT2D eigenvalue weighted by Crippen LogP contribution is 2.33. The lowest BCUT2D eigenvalue weighted by Gasteiger charge is -2.29. The van der Waals surface area contributed by atoms with Gasteiger partial charge < -0.3 is 20.1 Å². The van der Waals surface area contributed by atoms with E-state index < -0.39 is 0 Å². The topological polar surface area (TPSA) is 92.8 Å². The third-order valence-corrected chi connectivity index (χ3v) is 8.61. The molecule has 1 aliphatic heterocycles. The van der Waals surface area contributed by atoms with Crippen LogP contribution in [-0.2, 0) is 19.4 Å². The van der Waals surface area contributed by atoms with Crippen molar-refractivity contribution >= 4 is 45.4 Å². The van der Waals surface area contributed by atoms with E-state index in [-0.39, 0.29) is 11.8 Å². The molecule has 0 radical (unpaired) electrons. The van der Waals surface area contributed by atoms with Crippen LogP contribution < -0.4 is 20.1 Å². The molecule has 9 heteroatoms. The van der Waals surface area contributed by atoms with Crippen LogP contribution in [-0.4, -0.2) is 49.0 Å². The van der Waals surface area contributed by atoms with Crippen molar-refractivity contribution < 1.29 is 19.1 Å². The van der Waals surface area contributed by atoms with Crippen molar-refractivity contribution in [1.29, 1.82) is 0 Å². The quantitative estimate of drug-likeness (QED) is 0.205. The van der Waals surface area contributed by atoms with Gasteiger partial charge in [-0.3, -0.25) is 19.5 Å². The monoisotopic (exact) mass is 592 g/mol. The summed E-state index contributed by atoms with van der Waals surface area (Å²) in [4.78, 5) is 33.3. The number of aromatic nitrogens is 1. The number of para-hydroxylation sites is 1. The van der Waals surface area contributed by atoms with Gasteiger partial charge in [-0.1, -0.05) is 30.3 Å². The maximum absolute atomic E-state index is 13.1. The van der Waals surface area contributed by atoms with Gasteiger partial charge >= 0.3 is 0 Å². The molecule has 0 bridgehead atoms. The number of carbonyl (C=O) groups excluding carboxylic acids is 2. The minimum Gasteiger partial charge on any atom is -0.493 e. The molecule has 1 aliphatic rings. The maximum Gasteiger partial charge on any atom is 0.267 e. The van der Waals surface area contributed by atoms with E-state index in [2.05, 4.69) is 32.7 Å². The number of nitrogens with zero attached hydrogens (tertiary/aromatic N) is 2. The lowest BCUT2D eigenvalue weighted by Crippen LogP contribution is -2.32. The van der Waals surface area contributed by atoms with E-state index >= 15 is 0 Å². The smallest absolute Gasteiger partial charge is 0.267 e. The number of ether oxygens (including phenoxy) is 2. The Morgan fingerprint density at radius 3 is 2.47 bits per heavy atom. The Kier molecular flexibility index (Phi) is 8.35. The number of carbonyl (C=O) groups is 2. The zero-order chi connectivity index (χ0) is 29.8. The molecule has 8 nitrogen and oxygen atoms in total. The Morgan fingerprint density at radius 2 is 1.67 bits per heavy atom. The molecular weight excluding hydrogens is 560 g/mol. The van der Waals surface area contributed by atoms with Gasteiger partial charge in [0, 0.05) is 36.9 Å². The fourth-order valence-electron chi connectivity index (χ4n) is 5.34. The summed E-state index contributed by atoms with van der Waals surface area (Å²) in [6.07, 6.45) is 3.43. The van der Waals surface area contributed by atoms with Crippen molar-refractivity contribution in [2.24, 2.45) is 0 Å². The molecule has 2 aromatic heterocycles. The minimum atomic E-state index is -0.314. The first-order valence-corrected chi connectivity index (χ1v) is 15.0. The number of methoxy groups -OCH3 is 2. The summed E-state index contributed by atoms with van der Waals surface area (Å²) in [5.74, 6) is 0.959. The molecule has 43 heavy (non-hydrogen) atoms. The van der Waals surface area contributed by atoms with Crippen molar-refractivity contribution in [2.75, 3.05) is 37.9 Å². The average Bonchev–Trinajstić information content (AvgIpc) is 3.51. The van der Waals surface area contributed by atoms with E-state index in [1.807, 2.05) is 48.5 Å². The predicted octanol–water partition coefficient (Wildman–Crippen LogP) is 6.42. The Hall–Kier alpha value is -4.73. The number of pyridine rings is 1. The van der Waals surface area contributed by atoms with E-state index in [4.69, 9.17) is 9.47 Å². The summed E-state index contributed by atoms with van der Waals surface area (Å²) in [5.41, 5.74) is 6.21. The Labute approximate surface area is 254 Å². The Morgan fingerprint density at radius 1 is 0.907 bits per heavy atom. The normalized spacial score (nSPS) is 12.9. The molecule has 2 amide bonds. The van der Waals surface area contributed by atoms with Gasteiger partial charge in [-0.25, -0.2) is 0 Å². The van der Waals surface area contributed by atoms with Gasteiger partial charge in [0.2, 0.25) is 0 Å². The molecule has 2 N–H and O–H groups in total. The second-order valence-corrected chi connectivity index (χ2v) is 11.4. The first-order valence-electron chi connectivity index (χ1n) is 14.1. The molecule has 3 aromatic carbocycles. The number of hydrogen-bond donors (Lipinski definition) is 2. The van der Waals surface area contributed by atoms with Crippen molar-refractivity contribution in [2.45, 2.75) is 19.4 Å². The highest BCUT2D eigenvalue weighted by molar-refractivity contribution is 7.12. The molecule has 5 aromatic rings. The number of nitrogens with one attached hydrogen (secondary N) is 2. The largest absolute Gasteiger partial charge is 0.493 e. The van der Waals surface area contributed by atoms with Crippen molar-refractivity contribution in [1.82, 2.24) is 9.88 Å². The number of fused-ring (bicyclic) bond motifs is 2. The van der Waals surface area contributed by atoms with Crippen molar-refractivity contribution in [3.05, 3.63) is 112 Å². The molecule has 0 spiro atoms. The SMILES string of the molecule is COc1cc2c(cc1OC)CN(CCc1ccc(NC(=O)c3sccc3NC(=O)c3cnc4ccccc4c3)cc1)CC2. The van der Waals surface area contributed by atoms with E-state index in [0.29, 0.717) is 21.8 Å². The molecule has 0 saturated heterocycles. The molecule has 218 valence electrons. The van der Waals surface area contributed by atoms with Gasteiger partial charge in [-0.15, -0.1) is 11.3 Å². The van der Waals surface area contributed by atoms with Crippen LogP contribution in [0.3, 0.4) is 0 Å². The van der Waals surface area contributed by atoms with Crippen LogP contribution in [0.5, 0.6) is 11.5 Å². The zero-order valence-corrected chi connectivity index (χ0v) is 24.9. The number of hydrogen-bond acceptors (Lipinski definition) is 7. The standard InChI is InChI=1S/C34H32N4O4S/c1-41-30-18-23-12-15-38(21-26(23)19-31(30)42-2)14-11-22-7-9-27(10-8-22)36-34(40)32-29(13-16-43-32)37-33(39)25-17-24-5-3-4-6-28(24)35-20-25/h3-10,13,16-20H,11-12,14-15,21H2,1-2H3,(H,36,40)(H,37,39). The first kappa shape index (κ1) is 28.4. The van der Waals surface area contributed by atoms with Crippen LogP contribution in [0.15, 0.2) is 84.4 Å². The predicted molar refractivity (Wildman–Crippen MR) is 171 cm³/mol. The van der Waals surface area contributed by atoms with Gasteiger partial charge in [0.1, 0.15) is 4.88 Å². The first-order chi connectivity index (χ1) is 21.0. The molecule has 0 fully saturated rings. The summed E-state index contributed by atoms with van der Waals surface area (Å²) in [6, 6.07) is 23.3. The third-order valence-electron chi connectivity index (χ3n) is 7.70. The summed E-state index contributed by atoms with van der Waals surface area (Å²) >= 11 is 1.28. The van der Waals surface area contributed by atoms with Crippen LogP contribution in [0.1, 0.15) is 36.7 Å². The summed E-state index contributed by atoms with van der Waals surface area (Å²) < 4.78 is 10.9. The van der Waals surface area contributed by atoms with Crippen LogP contribution >= 0.6 is 11.3 Å². The number of thiophene rings is 1. The molecule has 3 heterocycles. The van der Waals surface area contributed by atoms with Crippen LogP contribution in [0.25, 0.3) is 10.9 Å². The average molecular weight is 593 g/mol. The minimum absolute atomic E-state index is 0.270. The Balaban J connectivity index is 1.04. The van der Waals surface area contributed by atoms with E-state index in [0.717, 1.165) is 54.9 Å². The van der Waals surface area contributed by atoms with E-state index in [1.54, 1.807) is 37.9 Å². The zero-order valence-electron chi connectivity index (χ0n) is 24.1. The number of benzene rings is 3. The fraction of sp³-hybridized carbons (Fsp3) is 0.206. The molecule has 0 aliphatic carbocycles. The van der Waals surface area contributed by atoms with Crippen LogP contribution in [0.2, 0.25) is 0 Å². The highest BCUT2D eigenvalue weighted by atomic mass is 32.1. The molecule has 6 rings (SSSR count).